The van der Waals surface area contributed by atoms with Crippen LogP contribution in [0.2, 0.25) is 0 Å². The van der Waals surface area contributed by atoms with Crippen LogP contribution in [0.3, 0.4) is 0 Å². The minimum absolute atomic E-state index is 0.0413. The van der Waals surface area contributed by atoms with Gasteiger partial charge in [0.15, 0.2) is 5.76 Å². The summed E-state index contributed by atoms with van der Waals surface area (Å²) in [6, 6.07) is 16.0. The maximum Gasteiger partial charge on any atom is 0.214 e. The molecule has 2 heterocycles. The molecule has 0 saturated heterocycles. The van der Waals surface area contributed by atoms with Gasteiger partial charge in [0.25, 0.3) is 0 Å². The third-order valence-electron chi connectivity index (χ3n) is 4.31. The highest BCUT2D eigenvalue weighted by molar-refractivity contribution is 5.78. The quantitative estimate of drug-likeness (QED) is 0.558. The predicted octanol–water partition coefficient (Wildman–Crippen LogP) is 3.45. The van der Waals surface area contributed by atoms with Gasteiger partial charge in [0.2, 0.25) is 11.8 Å². The molecule has 2 aromatic heterocycles. The first kappa shape index (κ1) is 16.4. The molecule has 4 rings (SSSR count). The maximum absolute atomic E-state index is 9.11. The molecule has 2 N–H and O–H groups in total. The molecule has 0 saturated carbocycles. The summed E-state index contributed by atoms with van der Waals surface area (Å²) in [6.07, 6.45) is 1.76. The van der Waals surface area contributed by atoms with Crippen LogP contribution in [0.1, 0.15) is 11.5 Å². The average Bonchev–Trinajstić information content (AvgIpc) is 3.26. The van der Waals surface area contributed by atoms with Gasteiger partial charge >= 0.3 is 0 Å². The number of nitrogens with one attached hydrogen (secondary N) is 1. The third-order valence-corrected chi connectivity index (χ3v) is 4.31. The Labute approximate surface area is 151 Å². The zero-order valence-electron chi connectivity index (χ0n) is 14.5. The number of imidazole rings is 1. The van der Waals surface area contributed by atoms with Crippen molar-refractivity contribution in [2.24, 2.45) is 0 Å². The number of fused-ring (bicyclic) bond motifs is 1. The first-order valence-corrected chi connectivity index (χ1v) is 8.57. The van der Waals surface area contributed by atoms with Crippen molar-refractivity contribution in [3.8, 4) is 11.3 Å². The van der Waals surface area contributed by atoms with Crippen molar-refractivity contribution in [2.45, 2.75) is 13.5 Å². The van der Waals surface area contributed by atoms with Crippen LogP contribution in [0.25, 0.3) is 22.4 Å². The number of hydrogen-bond donors (Lipinski definition) is 2. The summed E-state index contributed by atoms with van der Waals surface area (Å²) in [7, 11) is 0. The molecular weight excluding hydrogens is 328 g/mol. The van der Waals surface area contributed by atoms with Crippen molar-refractivity contribution in [3.05, 3.63) is 66.2 Å². The summed E-state index contributed by atoms with van der Waals surface area (Å²) in [6.45, 7) is 2.99. The van der Waals surface area contributed by atoms with Gasteiger partial charge in [0.1, 0.15) is 6.54 Å². The van der Waals surface area contributed by atoms with Crippen molar-refractivity contribution >= 4 is 17.0 Å². The van der Waals surface area contributed by atoms with Crippen LogP contribution in [-0.2, 0) is 6.54 Å². The third kappa shape index (κ3) is 3.07. The Hall–Kier alpha value is -3.12. The Balaban J connectivity index is 1.68. The molecule has 2 aromatic carbocycles. The molecule has 6 nitrogen and oxygen atoms in total. The van der Waals surface area contributed by atoms with E-state index in [2.05, 4.69) is 28.3 Å². The van der Waals surface area contributed by atoms with E-state index in [4.69, 9.17) is 9.52 Å². The normalized spacial score (nSPS) is 11.2. The Bertz CT molecular complexity index is 1040. The topological polar surface area (TPSA) is 76.1 Å². The highest BCUT2D eigenvalue weighted by Gasteiger charge is 2.14. The zero-order valence-corrected chi connectivity index (χ0v) is 14.5. The first-order chi connectivity index (χ1) is 12.8. The van der Waals surface area contributed by atoms with Crippen LogP contribution in [0.4, 0.5) is 5.95 Å². The Kier molecular flexibility index (Phi) is 4.41. The molecule has 0 fully saturated rings. The van der Waals surface area contributed by atoms with Crippen LogP contribution >= 0.6 is 0 Å². The molecule has 6 heteroatoms. The summed E-state index contributed by atoms with van der Waals surface area (Å²) in [5.74, 6) is 2.06. The smallest absolute Gasteiger partial charge is 0.214 e. The monoisotopic (exact) mass is 348 g/mol. The van der Waals surface area contributed by atoms with Crippen molar-refractivity contribution in [3.63, 3.8) is 0 Å². The van der Waals surface area contributed by atoms with Crippen LogP contribution in [0, 0.1) is 6.92 Å². The highest BCUT2D eigenvalue weighted by Crippen LogP contribution is 2.26. The average molecular weight is 348 g/mol. The van der Waals surface area contributed by atoms with E-state index < -0.39 is 0 Å². The number of para-hydroxylation sites is 2. The molecule has 0 unspecified atom stereocenters. The summed E-state index contributed by atoms with van der Waals surface area (Å²) in [4.78, 5) is 9.04. The number of oxazole rings is 1. The lowest BCUT2D eigenvalue weighted by atomic mass is 10.1. The fraction of sp³-hybridized carbons (Fsp3) is 0.200. The number of benzene rings is 2. The SMILES string of the molecule is Cc1ccccc1-c1cnc(Cn2c(NCCO)nc3ccccc32)o1. The van der Waals surface area contributed by atoms with Crippen LogP contribution < -0.4 is 5.32 Å². The van der Waals surface area contributed by atoms with E-state index in [0.717, 1.165) is 27.9 Å². The fourth-order valence-corrected chi connectivity index (χ4v) is 3.03. The van der Waals surface area contributed by atoms with Gasteiger partial charge in [-0.1, -0.05) is 36.4 Å². The lowest BCUT2D eigenvalue weighted by Crippen LogP contribution is -2.12. The number of aliphatic hydroxyl groups excluding tert-OH is 1. The van der Waals surface area contributed by atoms with E-state index in [0.29, 0.717) is 24.9 Å². The molecule has 0 amide bonds. The van der Waals surface area contributed by atoms with E-state index >= 15 is 0 Å². The van der Waals surface area contributed by atoms with E-state index in [-0.39, 0.29) is 6.61 Å². The molecule has 0 aliphatic heterocycles. The molecule has 0 spiro atoms. The van der Waals surface area contributed by atoms with E-state index in [1.54, 1.807) is 6.20 Å². The van der Waals surface area contributed by atoms with E-state index in [1.807, 2.05) is 47.0 Å². The van der Waals surface area contributed by atoms with Gasteiger partial charge in [-0.2, -0.15) is 0 Å². The predicted molar refractivity (Wildman–Crippen MR) is 101 cm³/mol. The van der Waals surface area contributed by atoms with Gasteiger partial charge in [-0.05, 0) is 24.6 Å². The lowest BCUT2D eigenvalue weighted by Gasteiger charge is -2.08. The Morgan fingerprint density at radius 3 is 2.77 bits per heavy atom. The molecule has 4 aromatic rings. The second-order valence-corrected chi connectivity index (χ2v) is 6.09. The van der Waals surface area contributed by atoms with Gasteiger partial charge in [-0.3, -0.25) is 0 Å². The zero-order chi connectivity index (χ0) is 17.9. The molecule has 0 aliphatic carbocycles. The van der Waals surface area contributed by atoms with Crippen molar-refractivity contribution in [1.82, 2.24) is 14.5 Å². The van der Waals surface area contributed by atoms with E-state index in [1.165, 1.54) is 0 Å². The number of hydrogen-bond acceptors (Lipinski definition) is 5. The number of nitrogens with zero attached hydrogens (tertiary/aromatic N) is 3. The van der Waals surface area contributed by atoms with Crippen molar-refractivity contribution in [1.29, 1.82) is 0 Å². The molecule has 26 heavy (non-hydrogen) atoms. The summed E-state index contributed by atoms with van der Waals surface area (Å²) >= 11 is 0. The summed E-state index contributed by atoms with van der Waals surface area (Å²) in [5.41, 5.74) is 4.07. The first-order valence-electron chi connectivity index (χ1n) is 8.57. The fourth-order valence-electron chi connectivity index (χ4n) is 3.03. The molecule has 0 radical (unpaired) electrons. The molecular formula is C20H20N4O2. The second-order valence-electron chi connectivity index (χ2n) is 6.09. The standard InChI is InChI=1S/C20H20N4O2/c1-14-6-2-3-7-15(14)18-12-22-19(26-18)13-24-17-9-5-4-8-16(17)23-20(24)21-10-11-25/h2-9,12,25H,10-11,13H2,1H3,(H,21,23). The minimum Gasteiger partial charge on any atom is -0.439 e. The van der Waals surface area contributed by atoms with Crippen LogP contribution in [-0.4, -0.2) is 32.8 Å². The number of aromatic nitrogens is 3. The van der Waals surface area contributed by atoms with E-state index in [9.17, 15) is 0 Å². The van der Waals surface area contributed by atoms with Crippen LogP contribution in [0.15, 0.2) is 59.1 Å². The molecule has 0 aliphatic rings. The molecule has 0 bridgehead atoms. The van der Waals surface area contributed by atoms with Gasteiger partial charge in [-0.25, -0.2) is 9.97 Å². The lowest BCUT2D eigenvalue weighted by molar-refractivity contribution is 0.310. The summed E-state index contributed by atoms with van der Waals surface area (Å²) in [5, 5.41) is 12.3. The van der Waals surface area contributed by atoms with Crippen LogP contribution in [0.5, 0.6) is 0 Å². The minimum atomic E-state index is 0.0413. The molecule has 0 atom stereocenters. The summed E-state index contributed by atoms with van der Waals surface area (Å²) < 4.78 is 8.01. The number of aryl methyl sites for hydroxylation is 1. The number of anilines is 1. The van der Waals surface area contributed by atoms with Gasteiger partial charge < -0.3 is 19.4 Å². The number of rotatable bonds is 6. The number of aliphatic hydroxyl groups is 1. The van der Waals surface area contributed by atoms with Crippen molar-refractivity contribution in [2.75, 3.05) is 18.5 Å². The maximum atomic E-state index is 9.11. The largest absolute Gasteiger partial charge is 0.439 e. The second kappa shape index (κ2) is 7.01. The molecule has 132 valence electrons. The Morgan fingerprint density at radius 1 is 1.12 bits per heavy atom. The van der Waals surface area contributed by atoms with Gasteiger partial charge in [0.05, 0.1) is 23.8 Å². The highest BCUT2D eigenvalue weighted by atomic mass is 16.4. The van der Waals surface area contributed by atoms with Crippen molar-refractivity contribution < 1.29 is 9.52 Å². The Morgan fingerprint density at radius 2 is 1.92 bits per heavy atom. The van der Waals surface area contributed by atoms with Gasteiger partial charge in [0, 0.05) is 12.1 Å². The van der Waals surface area contributed by atoms with Gasteiger partial charge in [-0.15, -0.1) is 0 Å².